The molecule has 0 amide bonds. The quantitative estimate of drug-likeness (QED) is 0.932. The molecule has 0 radical (unpaired) electrons. The van der Waals surface area contributed by atoms with E-state index in [9.17, 15) is 9.18 Å². The Morgan fingerprint density at radius 2 is 2.00 bits per heavy atom. The van der Waals surface area contributed by atoms with Crippen molar-refractivity contribution in [1.82, 2.24) is 0 Å². The minimum Gasteiger partial charge on any atom is -0.478 e. The molecule has 0 aliphatic heterocycles. The molecule has 104 valence electrons. The summed E-state index contributed by atoms with van der Waals surface area (Å²) in [5.41, 5.74) is 0.926. The highest BCUT2D eigenvalue weighted by Gasteiger charge is 2.18. The number of benzene rings is 2. The lowest BCUT2D eigenvalue weighted by molar-refractivity contribution is 0.0692. The van der Waals surface area contributed by atoms with Crippen LogP contribution in [0.5, 0.6) is 0 Å². The molecule has 0 fully saturated rings. The average Bonchev–Trinajstić information content (AvgIpc) is 2.37. The van der Waals surface area contributed by atoms with Gasteiger partial charge < -0.3 is 10.0 Å². The normalized spacial score (nSPS) is 10.3. The summed E-state index contributed by atoms with van der Waals surface area (Å²) in [6, 6.07) is 11.5. The maximum absolute atomic E-state index is 13.6. The molecule has 0 spiro atoms. The zero-order valence-corrected chi connectivity index (χ0v) is 11.6. The second-order valence-electron chi connectivity index (χ2n) is 4.43. The van der Waals surface area contributed by atoms with Gasteiger partial charge in [0.1, 0.15) is 11.4 Å². The summed E-state index contributed by atoms with van der Waals surface area (Å²) in [7, 11) is 1.71. The van der Waals surface area contributed by atoms with Gasteiger partial charge in [-0.05, 0) is 29.8 Å². The van der Waals surface area contributed by atoms with E-state index in [0.29, 0.717) is 17.3 Å². The molecule has 0 heterocycles. The van der Waals surface area contributed by atoms with Crippen molar-refractivity contribution >= 4 is 23.3 Å². The number of halogens is 2. The van der Waals surface area contributed by atoms with Gasteiger partial charge in [0.15, 0.2) is 0 Å². The van der Waals surface area contributed by atoms with E-state index in [1.807, 2.05) is 12.1 Å². The van der Waals surface area contributed by atoms with E-state index in [0.717, 1.165) is 11.6 Å². The Bertz CT molecular complexity index is 646. The minimum atomic E-state index is -1.28. The van der Waals surface area contributed by atoms with Crippen molar-refractivity contribution < 1.29 is 14.3 Å². The number of nitrogens with zero attached hydrogens (tertiary/aromatic N) is 1. The van der Waals surface area contributed by atoms with Gasteiger partial charge in [0.25, 0.3) is 0 Å². The molecular weight excluding hydrogens is 281 g/mol. The van der Waals surface area contributed by atoms with Crippen LogP contribution in [-0.2, 0) is 6.54 Å². The molecule has 0 atom stereocenters. The number of carbonyl (C=O) groups is 1. The van der Waals surface area contributed by atoms with E-state index in [1.165, 1.54) is 6.07 Å². The van der Waals surface area contributed by atoms with Crippen molar-refractivity contribution in [2.75, 3.05) is 11.9 Å². The molecule has 3 nitrogen and oxygen atoms in total. The van der Waals surface area contributed by atoms with E-state index >= 15 is 0 Å². The predicted octanol–water partition coefficient (Wildman–Crippen LogP) is 3.81. The molecule has 0 bridgehead atoms. The van der Waals surface area contributed by atoms with Crippen LogP contribution in [0, 0.1) is 5.82 Å². The number of anilines is 1. The number of aromatic carboxylic acids is 1. The molecule has 0 unspecified atom stereocenters. The third kappa shape index (κ3) is 3.08. The van der Waals surface area contributed by atoms with E-state index in [1.54, 1.807) is 30.1 Å². The van der Waals surface area contributed by atoms with Crippen LogP contribution < -0.4 is 4.90 Å². The first-order valence-corrected chi connectivity index (χ1v) is 6.34. The smallest absolute Gasteiger partial charge is 0.340 e. The second-order valence-corrected chi connectivity index (χ2v) is 4.86. The Labute approximate surface area is 121 Å². The predicted molar refractivity (Wildman–Crippen MR) is 76.9 cm³/mol. The van der Waals surface area contributed by atoms with Gasteiger partial charge in [-0.3, -0.25) is 0 Å². The summed E-state index contributed by atoms with van der Waals surface area (Å²) < 4.78 is 13.6. The van der Waals surface area contributed by atoms with Crippen LogP contribution in [0.15, 0.2) is 42.5 Å². The summed E-state index contributed by atoms with van der Waals surface area (Å²) >= 11 is 5.91. The van der Waals surface area contributed by atoms with Gasteiger partial charge in [-0.25, -0.2) is 9.18 Å². The maximum Gasteiger partial charge on any atom is 0.340 e. The summed E-state index contributed by atoms with van der Waals surface area (Å²) in [6.07, 6.45) is 0. The van der Waals surface area contributed by atoms with E-state index < -0.39 is 11.8 Å². The van der Waals surface area contributed by atoms with Gasteiger partial charge in [0, 0.05) is 18.6 Å². The van der Waals surface area contributed by atoms with E-state index in [-0.39, 0.29) is 5.56 Å². The molecule has 1 N–H and O–H groups in total. The number of carboxylic acids is 1. The number of carboxylic acid groups (broad SMARTS) is 1. The molecule has 0 saturated carbocycles. The maximum atomic E-state index is 13.6. The Hall–Kier alpha value is -2.07. The fourth-order valence-corrected chi connectivity index (χ4v) is 2.25. The molecular formula is C15H13ClFNO2. The fourth-order valence-electron chi connectivity index (χ4n) is 2.04. The Balaban J connectivity index is 2.32. The fraction of sp³-hybridized carbons (Fsp3) is 0.133. The van der Waals surface area contributed by atoms with Gasteiger partial charge in [0.2, 0.25) is 0 Å². The van der Waals surface area contributed by atoms with Gasteiger partial charge in [-0.2, -0.15) is 0 Å². The van der Waals surface area contributed by atoms with Crippen LogP contribution in [0.4, 0.5) is 10.1 Å². The lowest BCUT2D eigenvalue weighted by Gasteiger charge is -2.21. The Morgan fingerprint density at radius 1 is 1.30 bits per heavy atom. The molecule has 20 heavy (non-hydrogen) atoms. The van der Waals surface area contributed by atoms with Crippen LogP contribution in [-0.4, -0.2) is 18.1 Å². The summed E-state index contributed by atoms with van der Waals surface area (Å²) in [4.78, 5) is 12.8. The van der Waals surface area contributed by atoms with E-state index in [4.69, 9.17) is 16.7 Å². The summed E-state index contributed by atoms with van der Waals surface area (Å²) in [5, 5.41) is 9.72. The number of hydrogen-bond acceptors (Lipinski definition) is 2. The Morgan fingerprint density at radius 3 is 2.65 bits per heavy atom. The van der Waals surface area contributed by atoms with Gasteiger partial charge >= 0.3 is 5.97 Å². The van der Waals surface area contributed by atoms with Crippen molar-refractivity contribution in [2.45, 2.75) is 6.54 Å². The highest BCUT2D eigenvalue weighted by atomic mass is 35.5. The first kappa shape index (κ1) is 14.3. The molecule has 0 aromatic heterocycles. The lowest BCUT2D eigenvalue weighted by atomic mass is 10.1. The van der Waals surface area contributed by atoms with Gasteiger partial charge in [-0.15, -0.1) is 0 Å². The monoisotopic (exact) mass is 293 g/mol. The standard InChI is InChI=1S/C15H13ClFNO2/c1-18(9-10-4-2-5-11(16)8-10)13-7-3-6-12(17)14(13)15(19)20/h2-8H,9H2,1H3,(H,19,20). The largest absolute Gasteiger partial charge is 0.478 e. The highest BCUT2D eigenvalue weighted by Crippen LogP contribution is 2.24. The topological polar surface area (TPSA) is 40.5 Å². The summed E-state index contributed by atoms with van der Waals surface area (Å²) in [5.74, 6) is -2.02. The number of rotatable bonds is 4. The zero-order chi connectivity index (χ0) is 14.7. The average molecular weight is 294 g/mol. The number of hydrogen-bond donors (Lipinski definition) is 1. The summed E-state index contributed by atoms with van der Waals surface area (Å²) in [6.45, 7) is 0.435. The van der Waals surface area contributed by atoms with Crippen LogP contribution in [0.3, 0.4) is 0 Å². The van der Waals surface area contributed by atoms with Crippen molar-refractivity contribution in [3.63, 3.8) is 0 Å². The molecule has 2 aromatic rings. The molecule has 0 aliphatic carbocycles. The first-order valence-electron chi connectivity index (χ1n) is 5.96. The molecule has 2 aromatic carbocycles. The van der Waals surface area contributed by atoms with Crippen molar-refractivity contribution in [2.24, 2.45) is 0 Å². The van der Waals surface area contributed by atoms with E-state index in [2.05, 4.69) is 0 Å². The molecule has 5 heteroatoms. The van der Waals surface area contributed by atoms with Crippen molar-refractivity contribution in [1.29, 1.82) is 0 Å². The van der Waals surface area contributed by atoms with Crippen LogP contribution in [0.2, 0.25) is 5.02 Å². The third-order valence-electron chi connectivity index (χ3n) is 2.93. The zero-order valence-electron chi connectivity index (χ0n) is 10.8. The lowest BCUT2D eigenvalue weighted by Crippen LogP contribution is -2.20. The SMILES string of the molecule is CN(Cc1cccc(Cl)c1)c1cccc(F)c1C(=O)O. The van der Waals surface area contributed by atoms with Crippen molar-refractivity contribution in [3.05, 3.63) is 64.4 Å². The molecule has 2 rings (SSSR count). The van der Waals surface area contributed by atoms with Crippen LogP contribution in [0.25, 0.3) is 0 Å². The second kappa shape index (κ2) is 5.92. The molecule has 0 aliphatic rings. The highest BCUT2D eigenvalue weighted by molar-refractivity contribution is 6.30. The van der Waals surface area contributed by atoms with Gasteiger partial charge in [-0.1, -0.05) is 29.8 Å². The third-order valence-corrected chi connectivity index (χ3v) is 3.16. The van der Waals surface area contributed by atoms with Crippen LogP contribution >= 0.6 is 11.6 Å². The first-order chi connectivity index (χ1) is 9.49. The minimum absolute atomic E-state index is 0.322. The molecule has 0 saturated heterocycles. The van der Waals surface area contributed by atoms with Gasteiger partial charge in [0.05, 0.1) is 5.69 Å². The van der Waals surface area contributed by atoms with Crippen molar-refractivity contribution in [3.8, 4) is 0 Å². The van der Waals surface area contributed by atoms with Crippen LogP contribution in [0.1, 0.15) is 15.9 Å². The Kier molecular flexibility index (Phi) is 4.25.